The van der Waals surface area contributed by atoms with Crippen LogP contribution in [0.4, 0.5) is 11.4 Å². The molecule has 1 aliphatic heterocycles. The van der Waals surface area contributed by atoms with Crippen LogP contribution in [0.15, 0.2) is 175 Å². The lowest BCUT2D eigenvalue weighted by atomic mass is 9.86. The Morgan fingerprint density at radius 3 is 2.14 bits per heavy atom. The summed E-state index contributed by atoms with van der Waals surface area (Å²) in [5.74, 6) is 1.37. The molecule has 0 radical (unpaired) electrons. The van der Waals surface area contributed by atoms with Crippen molar-refractivity contribution < 1.29 is 4.74 Å². The zero-order valence-electron chi connectivity index (χ0n) is 28.7. The van der Waals surface area contributed by atoms with E-state index in [1.807, 2.05) is 30.3 Å². The highest BCUT2D eigenvalue weighted by atomic mass is 16.5. The molecule has 2 aliphatic rings. The molecule has 2 heterocycles. The molecule has 0 spiro atoms. The molecule has 4 heteroatoms. The lowest BCUT2D eigenvalue weighted by Crippen LogP contribution is -2.28. The van der Waals surface area contributed by atoms with Gasteiger partial charge in [0.05, 0.1) is 17.1 Å². The topological polar surface area (TPSA) is 29.8 Å². The van der Waals surface area contributed by atoms with Gasteiger partial charge in [-0.25, -0.2) is 0 Å². The first kappa shape index (κ1) is 30.7. The maximum Gasteiger partial charge on any atom is 0.221 e. The van der Waals surface area contributed by atoms with Crippen molar-refractivity contribution in [3.05, 3.63) is 198 Å². The third kappa shape index (κ3) is 5.28. The largest absolute Gasteiger partial charge is 0.439 e. The number of rotatable bonds is 6. The maximum atomic E-state index is 6.14. The predicted molar refractivity (Wildman–Crippen MR) is 213 cm³/mol. The minimum absolute atomic E-state index is 0.241. The van der Waals surface area contributed by atoms with E-state index >= 15 is 0 Å². The smallest absolute Gasteiger partial charge is 0.221 e. The van der Waals surface area contributed by atoms with Crippen molar-refractivity contribution in [2.75, 3.05) is 11.9 Å². The van der Waals surface area contributed by atoms with Gasteiger partial charge in [0.15, 0.2) is 0 Å². The fraction of sp³-hybridized carbons (Fsp3) is 0.0851. The predicted octanol–water partition coefficient (Wildman–Crippen LogP) is 11.4. The molecule has 0 saturated heterocycles. The summed E-state index contributed by atoms with van der Waals surface area (Å²) in [5, 5.41) is 2.48. The van der Waals surface area contributed by atoms with Crippen LogP contribution in [0.25, 0.3) is 38.8 Å². The number of hydrogen-bond donors (Lipinski definition) is 0. The number of fused-ring (bicyclic) bond motifs is 6. The number of aromatic nitrogens is 1. The van der Waals surface area contributed by atoms with E-state index in [0.29, 0.717) is 11.7 Å². The highest BCUT2D eigenvalue weighted by Crippen LogP contribution is 2.49. The Morgan fingerprint density at radius 1 is 0.686 bits per heavy atom. The zero-order valence-corrected chi connectivity index (χ0v) is 28.7. The molecular weight excluding hydrogens is 623 g/mol. The van der Waals surface area contributed by atoms with E-state index in [1.165, 1.54) is 55.4 Å². The van der Waals surface area contributed by atoms with Gasteiger partial charge in [-0.15, -0.1) is 0 Å². The highest BCUT2D eigenvalue weighted by molar-refractivity contribution is 6.10. The third-order valence-electron chi connectivity index (χ3n) is 10.2. The number of hydrogen-bond acceptors (Lipinski definition) is 3. The van der Waals surface area contributed by atoms with Crippen molar-refractivity contribution in [2.24, 2.45) is 4.99 Å². The number of anilines is 2. The van der Waals surface area contributed by atoms with Gasteiger partial charge in [0, 0.05) is 51.9 Å². The number of benzene rings is 6. The Morgan fingerprint density at radius 2 is 1.37 bits per heavy atom. The third-order valence-corrected chi connectivity index (χ3v) is 10.2. The summed E-state index contributed by atoms with van der Waals surface area (Å²) in [4.78, 5) is 6.93. The lowest BCUT2D eigenvalue weighted by Gasteiger charge is -2.29. The molecular formula is C47H37N3O. The molecule has 0 N–H and O–H groups in total. The minimum Gasteiger partial charge on any atom is -0.439 e. The molecule has 7 aromatic rings. The normalized spacial score (nSPS) is 16.6. The standard InChI is InChI=1S/C47H37N3O/c1-31-18-25-44-40(28-31)42-30-36(35-21-26-45-41(29-35)39-16-10-11-17-43(39)49(45)37-14-8-5-9-15-37)22-27-46(42)50(44)38-23-19-34(20-24-38)47(48-3)51-32(2)33-12-6-4-7-13-33/h4-30,41,45H,2H2,1,3H3. The molecule has 51 heavy (non-hydrogen) atoms. The molecule has 6 aromatic carbocycles. The lowest BCUT2D eigenvalue weighted by molar-refractivity contribution is 0.509. The van der Waals surface area contributed by atoms with Crippen LogP contribution in [-0.2, 0) is 4.74 Å². The van der Waals surface area contributed by atoms with Crippen molar-refractivity contribution in [2.45, 2.75) is 18.9 Å². The van der Waals surface area contributed by atoms with Crippen LogP contribution in [0.3, 0.4) is 0 Å². The van der Waals surface area contributed by atoms with Crippen LogP contribution in [0.1, 0.15) is 33.7 Å². The Labute approximate surface area is 298 Å². The van der Waals surface area contributed by atoms with Gasteiger partial charge in [0.25, 0.3) is 0 Å². The second-order valence-electron chi connectivity index (χ2n) is 13.3. The fourth-order valence-electron chi connectivity index (χ4n) is 7.81. The van der Waals surface area contributed by atoms with E-state index in [1.54, 1.807) is 7.05 Å². The van der Waals surface area contributed by atoms with E-state index in [-0.39, 0.29) is 12.0 Å². The SMILES string of the molecule is C=C(OC(=NC)c1ccc(-n2c3ccc(C)cc3c3cc(C4=CC5c6ccccc6N(c6ccccc6)C5C=C4)ccc32)cc1)c1ccccc1. The second kappa shape index (κ2) is 12.5. The van der Waals surface area contributed by atoms with Crippen molar-refractivity contribution in [3.63, 3.8) is 0 Å². The summed E-state index contributed by atoms with van der Waals surface area (Å²) in [6, 6.07) is 51.8. The molecule has 0 fully saturated rings. The molecule has 0 bridgehead atoms. The number of ether oxygens (including phenoxy) is 1. The van der Waals surface area contributed by atoms with Gasteiger partial charge in [0.1, 0.15) is 5.76 Å². The molecule has 4 nitrogen and oxygen atoms in total. The average molecular weight is 660 g/mol. The molecule has 1 aliphatic carbocycles. The Kier molecular flexibility index (Phi) is 7.51. The Bertz CT molecular complexity index is 2540. The van der Waals surface area contributed by atoms with Crippen molar-refractivity contribution in [1.29, 1.82) is 0 Å². The van der Waals surface area contributed by atoms with Gasteiger partial charge in [-0.3, -0.25) is 4.99 Å². The monoisotopic (exact) mass is 659 g/mol. The van der Waals surface area contributed by atoms with E-state index in [9.17, 15) is 0 Å². The maximum absolute atomic E-state index is 6.14. The first-order valence-electron chi connectivity index (χ1n) is 17.5. The molecule has 9 rings (SSSR count). The summed E-state index contributed by atoms with van der Waals surface area (Å²) in [7, 11) is 1.75. The van der Waals surface area contributed by atoms with E-state index in [0.717, 1.165) is 16.8 Å². The van der Waals surface area contributed by atoms with Crippen LogP contribution in [0.5, 0.6) is 0 Å². The van der Waals surface area contributed by atoms with Crippen molar-refractivity contribution in [1.82, 2.24) is 4.57 Å². The molecule has 0 saturated carbocycles. The minimum atomic E-state index is 0.241. The number of aryl methyl sites for hydroxylation is 1. The molecule has 1 aromatic heterocycles. The molecule has 0 amide bonds. The van der Waals surface area contributed by atoms with Crippen LogP contribution < -0.4 is 4.90 Å². The van der Waals surface area contributed by atoms with Gasteiger partial charge in [-0.2, -0.15) is 0 Å². The number of allylic oxidation sites excluding steroid dienone is 2. The summed E-state index contributed by atoms with van der Waals surface area (Å²) < 4.78 is 8.49. The van der Waals surface area contributed by atoms with Gasteiger partial charge in [-0.05, 0) is 90.4 Å². The number of para-hydroxylation sites is 2. The summed E-state index contributed by atoms with van der Waals surface area (Å²) >= 11 is 0. The Hall–Kier alpha value is -6.39. The van der Waals surface area contributed by atoms with Gasteiger partial charge in [0.2, 0.25) is 5.90 Å². The average Bonchev–Trinajstić information content (AvgIpc) is 3.69. The van der Waals surface area contributed by atoms with Crippen LogP contribution in [-0.4, -0.2) is 23.6 Å². The first-order chi connectivity index (χ1) is 25.1. The quantitative estimate of drug-likeness (QED) is 0.101. The van der Waals surface area contributed by atoms with Crippen LogP contribution >= 0.6 is 0 Å². The van der Waals surface area contributed by atoms with E-state index < -0.39 is 0 Å². The van der Waals surface area contributed by atoms with E-state index in [4.69, 9.17) is 4.74 Å². The molecule has 246 valence electrons. The number of aliphatic imine (C=N–C) groups is 1. The molecule has 2 unspecified atom stereocenters. The highest BCUT2D eigenvalue weighted by Gasteiger charge is 2.38. The van der Waals surface area contributed by atoms with E-state index in [2.05, 4.69) is 161 Å². The second-order valence-corrected chi connectivity index (χ2v) is 13.3. The van der Waals surface area contributed by atoms with Gasteiger partial charge >= 0.3 is 0 Å². The van der Waals surface area contributed by atoms with Gasteiger partial charge in [-0.1, -0.05) is 109 Å². The summed E-state index contributed by atoms with van der Waals surface area (Å²) in [6.45, 7) is 6.30. The zero-order chi connectivity index (χ0) is 34.5. The van der Waals surface area contributed by atoms with Crippen LogP contribution in [0, 0.1) is 6.92 Å². The first-order valence-corrected chi connectivity index (χ1v) is 17.5. The fourth-order valence-corrected chi connectivity index (χ4v) is 7.81. The summed E-state index contributed by atoms with van der Waals surface area (Å²) in [5.41, 5.74) is 12.8. The van der Waals surface area contributed by atoms with Gasteiger partial charge < -0.3 is 14.2 Å². The van der Waals surface area contributed by atoms with Crippen molar-refractivity contribution in [3.8, 4) is 5.69 Å². The summed E-state index contributed by atoms with van der Waals surface area (Å²) in [6.07, 6.45) is 7.17. The number of nitrogens with zero attached hydrogens (tertiary/aromatic N) is 3. The van der Waals surface area contributed by atoms with Crippen LogP contribution in [0.2, 0.25) is 0 Å². The van der Waals surface area contributed by atoms with Crippen molar-refractivity contribution >= 4 is 50.4 Å². The Balaban J connectivity index is 1.08. The molecule has 2 atom stereocenters.